The van der Waals surface area contributed by atoms with Gasteiger partial charge in [-0.25, -0.2) is 13.0 Å². The Hall–Kier alpha value is 0.624. The van der Waals surface area contributed by atoms with Crippen molar-refractivity contribution >= 4 is 116 Å². The van der Waals surface area contributed by atoms with Crippen LogP contribution in [0.25, 0.3) is 0 Å². The predicted octanol–water partition coefficient (Wildman–Crippen LogP) is 8.01. The standard InChI is InChI=1S/C4H12OSi.C4H12Si.C3H9O2P.C3H9OP.C3H6O.C2H7O2P.C2H6O2S.C2H4O2.C2H4O.C2H4S2.CH5N.CH5O4P.CH4S/c1-5-6(2,3)4;1-5(2,3)4;1-5-6(2,3)4;1-5(2,3)4;1-3(2)4;2*1-5(2,3)4;1-2(3)4;1-2-3;1-2(3)4;1-2;1-5-6(2,3)4;1-2/h1-4H3;1-4H3;1-3H3;1-3H3;1-2H3;1-2H3,(H,3,4);1-2H3;1H3,(H,3,4);2H,1H3;1H3,(H,3,4);2H2,1H3;1H3,(H2,2,3,4);2H,1H3. The van der Waals surface area contributed by atoms with E-state index in [0.717, 1.165) is 32.8 Å². The lowest BCUT2D eigenvalue weighted by Gasteiger charge is -2.10. The van der Waals surface area contributed by atoms with E-state index in [1.807, 2.05) is 0 Å². The Kier molecular flexibility index (Phi) is 92.2. The third-order valence-corrected chi connectivity index (χ3v) is 3.87. The largest absolute Gasteiger partial charge is 0.481 e. The number of nitrogens with two attached hydrogens (primary N) is 1. The number of thiol groups is 2. The van der Waals surface area contributed by atoms with E-state index >= 15 is 0 Å². The first-order valence-electron chi connectivity index (χ1n) is 15.8. The Morgan fingerprint density at radius 2 is 0.772 bits per heavy atom. The molecule has 360 valence electrons. The van der Waals surface area contributed by atoms with Crippen molar-refractivity contribution in [2.45, 2.75) is 80.4 Å². The van der Waals surface area contributed by atoms with Gasteiger partial charge in [0.1, 0.15) is 21.9 Å². The molecule has 0 aliphatic rings. The molecule has 0 fully saturated rings. The number of carboxylic acid groups (broad SMARTS) is 1. The lowest BCUT2D eigenvalue weighted by atomic mass is 10.6. The van der Waals surface area contributed by atoms with Crippen molar-refractivity contribution in [3.05, 3.63) is 0 Å². The fourth-order valence-electron chi connectivity index (χ4n) is 0. The molecule has 0 amide bonds. The van der Waals surface area contributed by atoms with Crippen LogP contribution in [0.1, 0.15) is 34.6 Å². The second-order valence-corrected chi connectivity index (χ2v) is 39.0. The number of Topliss-reactive ketones (excluding diaryl/α,β-unsaturated/α-hetero) is 1. The minimum atomic E-state index is -4.15. The summed E-state index contributed by atoms with van der Waals surface area (Å²) in [6.07, 6.45) is 4.76. The van der Waals surface area contributed by atoms with E-state index in [2.05, 4.69) is 98.1 Å². The molecule has 0 spiro atoms. The van der Waals surface area contributed by atoms with E-state index < -0.39 is 61.9 Å². The summed E-state index contributed by atoms with van der Waals surface area (Å²) in [5.41, 5.74) is 4.50. The summed E-state index contributed by atoms with van der Waals surface area (Å²) in [6.45, 7) is 34.1. The van der Waals surface area contributed by atoms with Crippen LogP contribution in [0, 0.1) is 0 Å². The molecule has 0 bridgehead atoms. The molecule has 0 aliphatic carbocycles. The molecule has 0 radical (unpaired) electrons. The predicted molar refractivity (Wildman–Crippen MR) is 267 cm³/mol. The quantitative estimate of drug-likeness (QED) is 0.0463. The molecular weight excluding hydrogens is 939 g/mol. The molecule has 17 nitrogen and oxygen atoms in total. The molecule has 0 aliphatic heterocycles. The molecule has 0 rings (SSSR count). The lowest BCUT2D eigenvalue weighted by molar-refractivity contribution is -0.134. The van der Waals surface area contributed by atoms with E-state index in [1.54, 1.807) is 53.6 Å². The van der Waals surface area contributed by atoms with Crippen molar-refractivity contribution in [2.75, 3.05) is 93.8 Å². The maximum Gasteiger partial charge on any atom is 0.469 e. The van der Waals surface area contributed by atoms with Gasteiger partial charge in [-0.3, -0.25) is 18.4 Å². The molecule has 27 heteroatoms. The molecule has 0 aromatic rings. The van der Waals surface area contributed by atoms with Gasteiger partial charge in [-0.15, -0.1) is 12.6 Å². The highest BCUT2D eigenvalue weighted by Gasteiger charge is 2.09. The zero-order chi connectivity index (χ0) is 51.1. The third kappa shape index (κ3) is 1820. The number of ketones is 1. The molecule has 0 saturated carbocycles. The smallest absolute Gasteiger partial charge is 0.469 e. The van der Waals surface area contributed by atoms with Crippen LogP contribution in [-0.2, 0) is 56.0 Å². The van der Waals surface area contributed by atoms with Gasteiger partial charge in [0.15, 0.2) is 23.1 Å². The van der Waals surface area contributed by atoms with Crippen LogP contribution in [0.5, 0.6) is 0 Å². The Morgan fingerprint density at radius 3 is 0.772 bits per heavy atom. The normalized spacial score (nSPS) is 9.68. The van der Waals surface area contributed by atoms with Gasteiger partial charge in [-0.1, -0.05) is 38.4 Å². The number of phosphoric ester groups is 1. The highest BCUT2D eigenvalue weighted by molar-refractivity contribution is 8.11. The van der Waals surface area contributed by atoms with Crippen molar-refractivity contribution in [2.24, 2.45) is 5.73 Å². The van der Waals surface area contributed by atoms with Crippen LogP contribution < -0.4 is 5.73 Å². The maximum atomic E-state index is 10.4. The van der Waals surface area contributed by atoms with E-state index in [1.165, 1.54) is 48.3 Å². The number of carbonyl (C=O) groups is 3. The van der Waals surface area contributed by atoms with Gasteiger partial charge in [0, 0.05) is 79.7 Å². The fraction of sp³-hybridized carbons (Fsp3) is 0.867. The highest BCUT2D eigenvalue weighted by Crippen LogP contribution is 2.35. The first-order valence-corrected chi connectivity index (χ1v) is 36.9. The van der Waals surface area contributed by atoms with Crippen LogP contribution >= 0.6 is 67.2 Å². The van der Waals surface area contributed by atoms with Gasteiger partial charge in [-0.05, 0) is 80.6 Å². The van der Waals surface area contributed by atoms with E-state index in [4.69, 9.17) is 33.8 Å². The molecule has 0 aromatic heterocycles. The Balaban J connectivity index is -0.0000000338. The van der Waals surface area contributed by atoms with Crippen molar-refractivity contribution in [3.8, 4) is 0 Å². The van der Waals surface area contributed by atoms with Crippen LogP contribution in [-0.4, -0.2) is 161 Å². The summed E-state index contributed by atoms with van der Waals surface area (Å²) >= 11 is 11.6. The van der Waals surface area contributed by atoms with Crippen LogP contribution in [0.4, 0.5) is 0 Å². The molecule has 0 saturated heterocycles. The van der Waals surface area contributed by atoms with E-state index in [-0.39, 0.29) is 5.78 Å². The van der Waals surface area contributed by atoms with Gasteiger partial charge in [0.25, 0.3) is 5.97 Å². The summed E-state index contributed by atoms with van der Waals surface area (Å²) in [4.78, 5) is 50.8. The van der Waals surface area contributed by atoms with Crippen molar-refractivity contribution in [1.29, 1.82) is 0 Å². The fourth-order valence-corrected chi connectivity index (χ4v) is 0. The van der Waals surface area contributed by atoms with E-state index in [9.17, 15) is 31.5 Å². The highest BCUT2D eigenvalue weighted by atomic mass is 32.2. The molecule has 0 unspecified atom stereocenters. The monoisotopic (exact) mass is 1030 g/mol. The van der Waals surface area contributed by atoms with Crippen LogP contribution in [0.2, 0.25) is 45.8 Å². The van der Waals surface area contributed by atoms with Crippen molar-refractivity contribution in [3.63, 3.8) is 0 Å². The number of hydrogen-bond acceptors (Lipinski definition) is 15. The molecule has 0 aromatic carbocycles. The van der Waals surface area contributed by atoms with Gasteiger partial charge < -0.3 is 48.6 Å². The van der Waals surface area contributed by atoms with Crippen LogP contribution in [0.15, 0.2) is 0 Å². The lowest BCUT2D eigenvalue weighted by Crippen LogP contribution is -2.22. The van der Waals surface area contributed by atoms with Gasteiger partial charge in [0.05, 0.1) is 7.14 Å². The Labute approximate surface area is 368 Å². The van der Waals surface area contributed by atoms with Crippen molar-refractivity contribution in [1.82, 2.24) is 0 Å². The second kappa shape index (κ2) is 56.6. The molecular formula is C30H87NO16P4S4Si2. The molecule has 0 heterocycles. The second-order valence-electron chi connectivity index (χ2n) is 13.9. The average Bonchev–Trinajstić information content (AvgIpc) is 2.86. The number of aliphatic carboxylic acids is 1. The zero-order valence-electron chi connectivity index (χ0n) is 39.8. The summed E-state index contributed by atoms with van der Waals surface area (Å²) in [7, 11) is -9.32. The Morgan fingerprint density at radius 1 is 0.719 bits per heavy atom. The molecule has 57 heavy (non-hydrogen) atoms. The summed E-state index contributed by atoms with van der Waals surface area (Å²) in [5, 5.41) is 7.42. The minimum absolute atomic E-state index is 0.167. The first kappa shape index (κ1) is 92.8. The maximum absolute atomic E-state index is 10.4. The summed E-state index contributed by atoms with van der Waals surface area (Å²) < 4.78 is 73.0. The zero-order valence-corrected chi connectivity index (χ0v) is 48.8. The van der Waals surface area contributed by atoms with Gasteiger partial charge in [0.2, 0.25) is 0 Å². The number of hydrogen-bond donors (Lipinski definition) is 7. The minimum Gasteiger partial charge on any atom is -0.481 e. The summed E-state index contributed by atoms with van der Waals surface area (Å²) in [6, 6.07) is 0. The van der Waals surface area contributed by atoms with Crippen molar-refractivity contribution < 1.29 is 74.3 Å². The number of aldehydes is 1. The number of sulfone groups is 1. The SMILES string of the molecule is CC(=O)O.CC(=S)S.CC(C)=O.CC=O.CN.COP(=O)(O)O.COP(C)(C)=O.CO[Si](C)(C)C.CP(C)(=O)O.CP(C)(C)=O.CS.CS(C)(=O)=O.C[Si](C)(C)C. The van der Waals surface area contributed by atoms with Gasteiger partial charge in [-0.2, -0.15) is 12.6 Å². The van der Waals surface area contributed by atoms with Crippen LogP contribution in [0.3, 0.4) is 0 Å². The molecule has 0 atom stereocenters. The number of phosphoric acid groups is 1. The average molecular weight is 1030 g/mol. The van der Waals surface area contributed by atoms with E-state index in [0.29, 0.717) is 4.20 Å². The molecule has 6 N–H and O–H groups in total. The topological polar surface area (TPSA) is 288 Å². The Bertz CT molecular complexity index is 1070. The summed E-state index contributed by atoms with van der Waals surface area (Å²) in [5.74, 6) is -0.667. The number of carboxylic acids is 1. The number of thiocarbonyl (C=S) groups is 1. The number of carbonyl (C=O) groups excluding carboxylic acids is 2. The third-order valence-electron chi connectivity index (χ3n) is 1.29. The van der Waals surface area contributed by atoms with Gasteiger partial charge >= 0.3 is 7.82 Å². The number of rotatable bonds is 3. The first-order chi connectivity index (χ1) is 24.3.